The summed E-state index contributed by atoms with van der Waals surface area (Å²) in [5.74, 6) is -0.440. The number of alkyl carbamates (subject to hydrolysis) is 4. The molecular weight excluding hydrogens is 1820 g/mol. The zero-order valence-electron chi connectivity index (χ0n) is 75.9. The van der Waals surface area contributed by atoms with Gasteiger partial charge in [0.1, 0.15) is 22.4 Å². The molecule has 10 rings (SSSR count). The number of hydrogen-bond acceptors (Lipinski definition) is 16. The van der Waals surface area contributed by atoms with Crippen molar-refractivity contribution in [2.24, 2.45) is 0 Å². The fourth-order valence-electron chi connectivity index (χ4n) is 12.9. The maximum absolute atomic E-state index is 12.8. The largest absolute Gasteiger partial charge is 2.00 e. The second-order valence-corrected chi connectivity index (χ2v) is 42.9. The van der Waals surface area contributed by atoms with Gasteiger partial charge in [0.05, 0.1) is 25.7 Å². The van der Waals surface area contributed by atoms with E-state index in [1.165, 1.54) is 21.2 Å². The van der Waals surface area contributed by atoms with Crippen molar-refractivity contribution in [3.05, 3.63) is 241 Å². The van der Waals surface area contributed by atoms with Crippen LogP contribution in [0.2, 0.25) is 0 Å². The first-order chi connectivity index (χ1) is 61.2. The summed E-state index contributed by atoms with van der Waals surface area (Å²) in [5, 5.41) is 27.5. The number of hydrogen-bond donors (Lipinski definition) is 8. The zero-order chi connectivity index (χ0) is 95.2. The quantitative estimate of drug-likeness (QED) is 0.00744. The van der Waals surface area contributed by atoms with Crippen LogP contribution in [0.3, 0.4) is 0 Å². The van der Waals surface area contributed by atoms with Crippen LogP contribution >= 0.6 is 31.7 Å². The summed E-state index contributed by atoms with van der Waals surface area (Å²) in [5.41, 5.74) is 5.87. The summed E-state index contributed by atoms with van der Waals surface area (Å²) in [7, 11) is -14.6. The van der Waals surface area contributed by atoms with E-state index in [1.807, 2.05) is 48.5 Å². The number of anilines is 4. The number of carbonyl (C=O) groups is 8. The smallest absolute Gasteiger partial charge is 0.444 e. The van der Waals surface area contributed by atoms with Gasteiger partial charge in [0.25, 0.3) is 0 Å². The molecule has 8 aromatic carbocycles. The summed E-state index contributed by atoms with van der Waals surface area (Å²) >= 11 is 0. The summed E-state index contributed by atoms with van der Waals surface area (Å²) in [4.78, 5) is 109. The summed E-state index contributed by atoms with van der Waals surface area (Å²) < 4.78 is 99.0. The molecule has 0 unspecified atom stereocenters. The Kier molecular flexibility index (Phi) is 44.6. The Bertz CT molecular complexity index is 4210. The van der Waals surface area contributed by atoms with Crippen molar-refractivity contribution >= 4 is 138 Å². The molecule has 0 aromatic heterocycles. The average Bonchev–Trinajstić information content (AvgIpc) is 0.804. The summed E-state index contributed by atoms with van der Waals surface area (Å²) in [6.45, 7) is 24.1. The van der Waals surface area contributed by atoms with E-state index >= 15 is 0 Å². The molecule has 712 valence electrons. The predicted molar refractivity (Wildman–Crippen MR) is 511 cm³/mol. The van der Waals surface area contributed by atoms with Gasteiger partial charge in [0.15, 0.2) is 0 Å². The van der Waals surface area contributed by atoms with E-state index < -0.39 is 93.0 Å². The first kappa shape index (κ1) is 109. The topological polar surface area (TPSA) is 283 Å². The molecule has 24 nitrogen and oxygen atoms in total. The molecule has 2 fully saturated rings. The average molecular weight is 1940 g/mol. The molecule has 131 heavy (non-hydrogen) atoms. The van der Waals surface area contributed by atoms with Gasteiger partial charge in [-0.1, -0.05) is 170 Å². The van der Waals surface area contributed by atoms with Crippen molar-refractivity contribution in [2.75, 3.05) is 122 Å². The third-order valence-corrected chi connectivity index (χ3v) is 27.9. The Hall–Kier alpha value is -10.3. The van der Waals surface area contributed by atoms with Gasteiger partial charge < -0.3 is 116 Å². The molecule has 8 N–H and O–H groups in total. The van der Waals surface area contributed by atoms with Crippen LogP contribution in [0.5, 0.6) is 0 Å². The number of benzene rings is 8. The molecule has 8 amide bonds. The zero-order valence-corrected chi connectivity index (χ0v) is 80.5. The van der Waals surface area contributed by atoms with E-state index in [-0.39, 0.29) is 92.0 Å². The first-order valence-electron chi connectivity index (χ1n) is 42.4. The van der Waals surface area contributed by atoms with E-state index in [0.29, 0.717) is 26.2 Å². The Morgan fingerprint density at radius 2 is 0.405 bits per heavy atom. The van der Waals surface area contributed by atoms with Crippen molar-refractivity contribution in [1.82, 2.24) is 42.5 Å². The minimum absolute atomic E-state index is 0. The Balaban J connectivity index is 0.000000363. The number of rotatable bonds is 28. The number of carbonyl (C=O) groups excluding carboxylic acids is 8. The van der Waals surface area contributed by atoms with Gasteiger partial charge in [-0.3, -0.25) is 19.2 Å². The molecule has 2 aliphatic rings. The minimum Gasteiger partial charge on any atom is -0.444 e. The van der Waals surface area contributed by atoms with Crippen molar-refractivity contribution in [3.8, 4) is 0 Å². The molecule has 0 aliphatic carbocycles. The molecule has 0 saturated carbocycles. The molecule has 0 radical (unpaired) electrons. The molecule has 2 heterocycles. The maximum Gasteiger partial charge on any atom is 2.00 e. The van der Waals surface area contributed by atoms with Crippen molar-refractivity contribution in [1.29, 1.82) is 0 Å². The number of halogens is 8. The van der Waals surface area contributed by atoms with Crippen LogP contribution in [0.15, 0.2) is 218 Å². The van der Waals surface area contributed by atoms with Gasteiger partial charge in [-0.2, -0.15) is 0 Å². The van der Waals surface area contributed by atoms with Gasteiger partial charge >= 0.3 is 55.4 Å². The summed E-state index contributed by atoms with van der Waals surface area (Å²) in [6, 6.07) is 76.4. The van der Waals surface area contributed by atoms with Crippen LogP contribution in [0.25, 0.3) is 0 Å². The number of nitrogens with one attached hydrogen (secondary N) is 8. The van der Waals surface area contributed by atoms with Crippen LogP contribution in [0.4, 0.5) is 76.5 Å². The van der Waals surface area contributed by atoms with Crippen LogP contribution in [0.1, 0.15) is 105 Å². The van der Waals surface area contributed by atoms with Gasteiger partial charge in [0, 0.05) is 125 Å². The van der Waals surface area contributed by atoms with Gasteiger partial charge in [-0.05, 0) is 207 Å². The van der Waals surface area contributed by atoms with E-state index in [4.69, 9.17) is 18.9 Å². The molecule has 0 atom stereocenters. The standard InChI is InChI=1S/2C46H60N6O6P2.2BF4.Ni/c2*1-45(2,3)57-43(55)49-27-25-47-41(53)29-35-17-21-37(22-18-35)51-31-59(39-13-9-7-10-14-39)33-52(34-60(32-51)40-15-11-8-12-16-40)38-23-19-36(20-24-38)30-42(54)48-26-28-50-44(56)58-46(4,5)6;2*2-1(3,4)5;/h2*7-24H,25-34H2,1-6H3,(H,47,53)(H,48,54)(H,49,55)(H,50,56);;;/q;;2*-1;+2. The van der Waals surface area contributed by atoms with Gasteiger partial charge in [0.2, 0.25) is 23.6 Å². The molecule has 39 heteroatoms. The Morgan fingerprint density at radius 1 is 0.260 bits per heavy atom. The van der Waals surface area contributed by atoms with Crippen LogP contribution in [-0.4, -0.2) is 188 Å². The van der Waals surface area contributed by atoms with Crippen molar-refractivity contribution in [2.45, 2.75) is 131 Å². The number of ether oxygens (including phenoxy) is 4. The maximum atomic E-state index is 12.8. The van der Waals surface area contributed by atoms with Gasteiger partial charge in [-0.15, -0.1) is 0 Å². The predicted octanol–water partition coefficient (Wildman–Crippen LogP) is 16.2. The van der Waals surface area contributed by atoms with E-state index in [0.717, 1.165) is 95.3 Å². The fourth-order valence-corrected chi connectivity index (χ4v) is 23.0. The van der Waals surface area contributed by atoms with E-state index in [2.05, 4.69) is 232 Å². The molecule has 8 aromatic rings. The fraction of sp³-hybridized carbons (Fsp3) is 0.391. The minimum atomic E-state index is -6.00. The third kappa shape index (κ3) is 46.1. The summed E-state index contributed by atoms with van der Waals surface area (Å²) in [6.07, 6.45) is 5.89. The second-order valence-electron chi connectivity index (χ2n) is 34.3. The third-order valence-electron chi connectivity index (χ3n) is 18.3. The van der Waals surface area contributed by atoms with E-state index in [1.54, 1.807) is 83.1 Å². The van der Waals surface area contributed by atoms with E-state index in [9.17, 15) is 72.9 Å². The Morgan fingerprint density at radius 3 is 0.550 bits per heavy atom. The molecule has 0 bridgehead atoms. The number of nitrogens with zero attached hydrogens (tertiary/aromatic N) is 4. The molecule has 2 saturated heterocycles. The van der Waals surface area contributed by atoms with Crippen LogP contribution < -0.4 is 83.4 Å². The number of amides is 8. The normalized spacial score (nSPS) is 15.4. The second kappa shape index (κ2) is 53.4. The SMILES string of the molecule is CC(C)(C)OC(=O)NCCNC(=O)Cc1ccc(N2CP(c3ccccc3)CN(c3ccc(CC(=O)NCCNC(=O)OC(C)(C)C)cc3)CP(c3ccccc3)C2)cc1.CC(C)(C)OC(=O)NCCNC(=O)Cc1ccc(N2CP(c3ccccc3)CN(c3ccc(CC(=O)NCCNC(=O)OC(C)(C)C)cc3)CP(c3ccccc3)C2)cc1.F[B-](F)(F)F.F[B-](F)(F)F.[Ni+2]. The Labute approximate surface area is 778 Å². The van der Waals surface area contributed by atoms with Gasteiger partial charge in [-0.25, -0.2) is 19.2 Å². The monoisotopic (exact) mass is 1940 g/mol. The molecule has 2 aliphatic heterocycles. The van der Waals surface area contributed by atoms with Crippen molar-refractivity contribution in [3.63, 3.8) is 0 Å². The molecule has 0 spiro atoms. The van der Waals surface area contributed by atoms with Crippen molar-refractivity contribution < 1.29 is 108 Å². The first-order valence-corrected chi connectivity index (χ1v) is 49.3. The van der Waals surface area contributed by atoms with Crippen LogP contribution in [-0.2, 0) is 80.3 Å². The van der Waals surface area contributed by atoms with Crippen LogP contribution in [0, 0.1) is 0 Å². The molecular formula is C92H120B2F8N12NiO12P4.